The highest BCUT2D eigenvalue weighted by molar-refractivity contribution is 7.13. The van der Waals surface area contributed by atoms with E-state index in [9.17, 15) is 9.70 Å². The van der Waals surface area contributed by atoms with Crippen molar-refractivity contribution in [1.82, 2.24) is 4.98 Å². The molecule has 0 saturated carbocycles. The van der Waals surface area contributed by atoms with Crippen molar-refractivity contribution in [1.29, 1.82) is 0 Å². The third kappa shape index (κ3) is 2.00. The van der Waals surface area contributed by atoms with Crippen LogP contribution in [0.25, 0.3) is 0 Å². The molecule has 6 nitrogen and oxygen atoms in total. The van der Waals surface area contributed by atoms with Gasteiger partial charge in [0.2, 0.25) is 6.04 Å². The molecule has 0 radical (unpaired) electrons. The fourth-order valence-corrected chi connectivity index (χ4v) is 1.34. The second-order valence-corrected chi connectivity index (χ2v) is 3.03. The van der Waals surface area contributed by atoms with Crippen LogP contribution in [0.1, 0.15) is 11.7 Å². The highest BCUT2D eigenvalue weighted by atomic mass is 32.1. The number of carbonyl (C=O) groups is 1. The first-order valence-electron chi connectivity index (χ1n) is 3.30. The van der Waals surface area contributed by atoms with Gasteiger partial charge < -0.3 is 10.5 Å². The highest BCUT2D eigenvalue weighted by Gasteiger charge is 2.24. The van der Waals surface area contributed by atoms with Gasteiger partial charge in [-0.25, -0.2) is 9.78 Å². The molecule has 0 aliphatic rings. The van der Waals surface area contributed by atoms with Gasteiger partial charge in [0.1, 0.15) is 0 Å². The average Bonchev–Trinajstić information content (AvgIpc) is 2.53. The molecule has 1 atom stereocenters. The maximum Gasteiger partial charge on any atom is 0.340 e. The quantitative estimate of drug-likeness (QED) is 0.573. The lowest BCUT2D eigenvalue weighted by molar-refractivity contribution is -0.142. The molecule has 7 heteroatoms. The lowest BCUT2D eigenvalue weighted by Gasteiger charge is -2.01. The number of thiazole rings is 1. The Morgan fingerprint density at radius 1 is 1.85 bits per heavy atom. The number of nitrogen functional groups attached to an aromatic ring is 1. The van der Waals surface area contributed by atoms with Crippen LogP contribution in [0.2, 0.25) is 0 Å². The van der Waals surface area contributed by atoms with Gasteiger partial charge in [-0.3, -0.25) is 0 Å². The van der Waals surface area contributed by atoms with Gasteiger partial charge in [0.15, 0.2) is 5.13 Å². The van der Waals surface area contributed by atoms with Crippen LogP contribution in [0.15, 0.2) is 10.6 Å². The van der Waals surface area contributed by atoms with Gasteiger partial charge in [0.05, 0.1) is 12.8 Å². The molecule has 1 aromatic rings. The third-order valence-electron chi connectivity index (χ3n) is 1.35. The normalized spacial score (nSPS) is 12.1. The second-order valence-electron chi connectivity index (χ2n) is 2.14. The molecular formula is C6H7N3O3S. The molecule has 2 N–H and O–H groups in total. The first kappa shape index (κ1) is 9.59. The molecule has 1 unspecified atom stereocenters. The van der Waals surface area contributed by atoms with E-state index in [2.05, 4.69) is 14.9 Å². The fraction of sp³-hybridized carbons (Fsp3) is 0.333. The smallest absolute Gasteiger partial charge is 0.340 e. The number of anilines is 1. The standard InChI is InChI=1S/C6H7N3O3S/c1-12-5(10)4(9-11)3-2-13-6(7)8-3/h2,4H,1H3,(H2,7,8). The second kappa shape index (κ2) is 3.94. The molecule has 0 aliphatic heterocycles. The number of carbonyl (C=O) groups excluding carboxylic acids is 1. The summed E-state index contributed by atoms with van der Waals surface area (Å²) in [6.45, 7) is 0. The summed E-state index contributed by atoms with van der Waals surface area (Å²) in [5.74, 6) is -0.736. The summed E-state index contributed by atoms with van der Waals surface area (Å²) in [5.41, 5.74) is 5.55. The lowest BCUT2D eigenvalue weighted by atomic mass is 10.2. The zero-order valence-electron chi connectivity index (χ0n) is 6.76. The number of nitrogens with two attached hydrogens (primary N) is 1. The van der Waals surface area contributed by atoms with E-state index < -0.39 is 12.0 Å². The summed E-state index contributed by atoms with van der Waals surface area (Å²) in [4.78, 5) is 25.0. The van der Waals surface area contributed by atoms with Gasteiger partial charge >= 0.3 is 5.97 Å². The molecule has 0 spiro atoms. The Kier molecular flexibility index (Phi) is 2.91. The molecule has 0 amide bonds. The molecule has 1 aromatic heterocycles. The van der Waals surface area contributed by atoms with Gasteiger partial charge in [-0.1, -0.05) is 0 Å². The average molecular weight is 201 g/mol. The summed E-state index contributed by atoms with van der Waals surface area (Å²) in [5, 5.41) is 4.39. The van der Waals surface area contributed by atoms with E-state index in [1.165, 1.54) is 12.5 Å². The summed E-state index contributed by atoms with van der Waals surface area (Å²) >= 11 is 1.14. The zero-order valence-corrected chi connectivity index (χ0v) is 7.58. The number of hydrogen-bond acceptors (Lipinski definition) is 7. The Labute approximate surface area is 77.7 Å². The van der Waals surface area contributed by atoms with E-state index in [4.69, 9.17) is 5.73 Å². The van der Waals surface area contributed by atoms with E-state index in [1.807, 2.05) is 0 Å². The van der Waals surface area contributed by atoms with Gasteiger partial charge in [-0.15, -0.1) is 16.2 Å². The largest absolute Gasteiger partial charge is 0.467 e. The minimum absolute atomic E-state index is 0.226. The minimum Gasteiger partial charge on any atom is -0.467 e. The van der Waals surface area contributed by atoms with Crippen LogP contribution in [-0.4, -0.2) is 18.1 Å². The Morgan fingerprint density at radius 2 is 2.54 bits per heavy atom. The highest BCUT2D eigenvalue weighted by Crippen LogP contribution is 2.21. The predicted octanol–water partition coefficient (Wildman–Crippen LogP) is 0.706. The molecule has 0 saturated heterocycles. The Hall–Kier alpha value is -1.50. The number of rotatable bonds is 3. The number of hydrogen-bond donors (Lipinski definition) is 1. The SMILES string of the molecule is COC(=O)C(N=O)c1csc(N)n1. The lowest BCUT2D eigenvalue weighted by Crippen LogP contribution is -2.12. The molecule has 70 valence electrons. The van der Waals surface area contributed by atoms with E-state index in [0.717, 1.165) is 11.3 Å². The number of ether oxygens (including phenoxy) is 1. The maximum atomic E-state index is 11.0. The van der Waals surface area contributed by atoms with Crippen LogP contribution in [0, 0.1) is 4.91 Å². The number of aromatic nitrogens is 1. The molecule has 0 fully saturated rings. The molecule has 0 bridgehead atoms. The number of methoxy groups -OCH3 is 1. The monoisotopic (exact) mass is 201 g/mol. The molecule has 1 rings (SSSR count). The van der Waals surface area contributed by atoms with Crippen molar-refractivity contribution < 1.29 is 9.53 Å². The Morgan fingerprint density at radius 3 is 2.92 bits per heavy atom. The zero-order chi connectivity index (χ0) is 9.84. The van der Waals surface area contributed by atoms with Gasteiger partial charge in [0, 0.05) is 5.38 Å². The maximum absolute atomic E-state index is 11.0. The summed E-state index contributed by atoms with van der Waals surface area (Å²) in [6, 6.07) is -1.21. The van der Waals surface area contributed by atoms with Crippen molar-refractivity contribution in [2.24, 2.45) is 5.18 Å². The van der Waals surface area contributed by atoms with Crippen LogP contribution >= 0.6 is 11.3 Å². The molecular weight excluding hydrogens is 194 g/mol. The minimum atomic E-state index is -1.21. The topological polar surface area (TPSA) is 94.6 Å². The summed E-state index contributed by atoms with van der Waals surface area (Å²) in [6.07, 6.45) is 0. The van der Waals surface area contributed by atoms with Crippen LogP contribution in [0.5, 0.6) is 0 Å². The molecule has 0 aliphatic carbocycles. The van der Waals surface area contributed by atoms with Crippen LogP contribution in [0.4, 0.5) is 5.13 Å². The van der Waals surface area contributed by atoms with E-state index >= 15 is 0 Å². The van der Waals surface area contributed by atoms with E-state index in [1.54, 1.807) is 0 Å². The summed E-state index contributed by atoms with van der Waals surface area (Å²) < 4.78 is 4.36. The van der Waals surface area contributed by atoms with Crippen molar-refractivity contribution in [2.75, 3.05) is 12.8 Å². The van der Waals surface area contributed by atoms with Gasteiger partial charge in [-0.05, 0) is 5.18 Å². The predicted molar refractivity (Wildman–Crippen MR) is 47.1 cm³/mol. The van der Waals surface area contributed by atoms with Gasteiger partial charge in [-0.2, -0.15) is 0 Å². The molecule has 13 heavy (non-hydrogen) atoms. The van der Waals surface area contributed by atoms with Crippen LogP contribution < -0.4 is 5.73 Å². The van der Waals surface area contributed by atoms with E-state index in [0.29, 0.717) is 0 Å². The van der Waals surface area contributed by atoms with Crippen LogP contribution in [0.3, 0.4) is 0 Å². The third-order valence-corrected chi connectivity index (χ3v) is 2.04. The Bertz CT molecular complexity index is 325. The van der Waals surface area contributed by atoms with Crippen LogP contribution in [-0.2, 0) is 9.53 Å². The first-order chi connectivity index (χ1) is 6.19. The van der Waals surface area contributed by atoms with Crippen molar-refractivity contribution in [3.63, 3.8) is 0 Å². The summed E-state index contributed by atoms with van der Waals surface area (Å²) in [7, 11) is 1.18. The first-order valence-corrected chi connectivity index (χ1v) is 4.18. The van der Waals surface area contributed by atoms with Crippen molar-refractivity contribution in [3.05, 3.63) is 16.0 Å². The Balaban J connectivity index is 2.90. The number of esters is 1. The van der Waals surface area contributed by atoms with E-state index in [-0.39, 0.29) is 10.8 Å². The van der Waals surface area contributed by atoms with Crippen molar-refractivity contribution >= 4 is 22.4 Å². The molecule has 1 heterocycles. The fourth-order valence-electron chi connectivity index (χ4n) is 0.756. The van der Waals surface area contributed by atoms with Gasteiger partial charge in [0.25, 0.3) is 0 Å². The molecule has 0 aromatic carbocycles. The number of nitroso groups, excluding NO2 is 1. The van der Waals surface area contributed by atoms with Crippen molar-refractivity contribution in [2.45, 2.75) is 6.04 Å². The van der Waals surface area contributed by atoms with Crippen molar-refractivity contribution in [3.8, 4) is 0 Å². The number of nitrogens with zero attached hydrogens (tertiary/aromatic N) is 2.